The third kappa shape index (κ3) is 4.21. The van der Waals surface area contributed by atoms with Crippen molar-refractivity contribution in [2.75, 3.05) is 11.9 Å². The number of aromatic nitrogens is 2. The van der Waals surface area contributed by atoms with Crippen LogP contribution in [-0.2, 0) is 22.4 Å². The monoisotopic (exact) mass is 423 g/mol. The first-order valence-corrected chi connectivity index (χ1v) is 11.0. The summed E-state index contributed by atoms with van der Waals surface area (Å²) in [5.74, 6) is -0.431. The number of fused-ring (bicyclic) bond motifs is 2. The van der Waals surface area contributed by atoms with Crippen molar-refractivity contribution in [2.45, 2.75) is 40.0 Å². The maximum atomic E-state index is 13.2. The van der Waals surface area contributed by atoms with E-state index in [0.29, 0.717) is 16.6 Å². The Morgan fingerprint density at radius 3 is 2.80 bits per heavy atom. The first kappa shape index (κ1) is 20.5. The molecule has 0 bridgehead atoms. The van der Waals surface area contributed by atoms with Gasteiger partial charge in [-0.15, -0.1) is 11.3 Å². The number of rotatable bonds is 4. The van der Waals surface area contributed by atoms with Crippen LogP contribution in [0.15, 0.2) is 35.8 Å². The molecule has 1 aliphatic carbocycles. The lowest BCUT2D eigenvalue weighted by atomic mass is 9.70. The van der Waals surface area contributed by atoms with E-state index in [0.717, 1.165) is 41.4 Å². The number of esters is 1. The molecule has 0 aliphatic heterocycles. The number of hydrogen-bond acceptors (Lipinski definition) is 6. The van der Waals surface area contributed by atoms with E-state index in [4.69, 9.17) is 9.72 Å². The van der Waals surface area contributed by atoms with Crippen molar-refractivity contribution < 1.29 is 14.3 Å². The van der Waals surface area contributed by atoms with Gasteiger partial charge in [0.05, 0.1) is 11.1 Å². The summed E-state index contributed by atoms with van der Waals surface area (Å²) in [7, 11) is 0. The van der Waals surface area contributed by atoms with Gasteiger partial charge in [0.2, 0.25) is 0 Å². The van der Waals surface area contributed by atoms with E-state index in [1.54, 1.807) is 11.6 Å². The van der Waals surface area contributed by atoms with E-state index < -0.39 is 11.9 Å². The van der Waals surface area contributed by atoms with Crippen LogP contribution >= 0.6 is 11.3 Å². The minimum Gasteiger partial charge on any atom is -0.452 e. The molecule has 6 nitrogen and oxygen atoms in total. The Hall–Kier alpha value is -2.80. The number of anilines is 1. The van der Waals surface area contributed by atoms with Gasteiger partial charge in [-0.1, -0.05) is 39.0 Å². The fraction of sp³-hybridized carbons (Fsp3) is 0.391. The molecule has 0 saturated carbocycles. The molecule has 1 N–H and O–H groups in total. The molecule has 0 saturated heterocycles. The van der Waals surface area contributed by atoms with Gasteiger partial charge in [0.1, 0.15) is 0 Å². The van der Waals surface area contributed by atoms with E-state index >= 15 is 0 Å². The molecule has 30 heavy (non-hydrogen) atoms. The average molecular weight is 424 g/mol. The van der Waals surface area contributed by atoms with Crippen LogP contribution in [0.1, 0.15) is 48.8 Å². The van der Waals surface area contributed by atoms with Gasteiger partial charge in [-0.05, 0) is 42.2 Å². The molecule has 1 atom stereocenters. The fourth-order valence-corrected chi connectivity index (χ4v) is 4.55. The first-order chi connectivity index (χ1) is 14.3. The lowest BCUT2D eigenvalue weighted by Crippen LogP contribution is -2.29. The second kappa shape index (κ2) is 8.14. The molecule has 0 spiro atoms. The number of para-hydroxylation sites is 1. The van der Waals surface area contributed by atoms with E-state index in [1.165, 1.54) is 11.3 Å². The Morgan fingerprint density at radius 2 is 2.07 bits per heavy atom. The molecule has 0 fully saturated rings. The quantitative estimate of drug-likeness (QED) is 0.619. The second-order valence-electron chi connectivity index (χ2n) is 8.70. The summed E-state index contributed by atoms with van der Waals surface area (Å²) in [5, 5.41) is 5.66. The minimum absolute atomic E-state index is 0.137. The Morgan fingerprint density at radius 1 is 1.27 bits per heavy atom. The summed E-state index contributed by atoms with van der Waals surface area (Å²) in [5.41, 5.74) is 3.40. The van der Waals surface area contributed by atoms with Crippen LogP contribution in [0.25, 0.3) is 10.9 Å². The summed E-state index contributed by atoms with van der Waals surface area (Å²) in [6.07, 6.45) is 4.28. The van der Waals surface area contributed by atoms with Crippen LogP contribution in [0.4, 0.5) is 5.13 Å². The molecule has 2 aromatic heterocycles. The number of aryl methyl sites for hydroxylation is 1. The normalized spacial score (nSPS) is 16.2. The van der Waals surface area contributed by atoms with Crippen LogP contribution in [-0.4, -0.2) is 28.5 Å². The first-order valence-electron chi connectivity index (χ1n) is 10.1. The predicted octanol–water partition coefficient (Wildman–Crippen LogP) is 4.64. The molecule has 1 amide bonds. The SMILES string of the molecule is CC(C)(C)C1CCc2nc3ccccc3c(C(=O)OCC(=O)Nc3nccs3)c2C1. The minimum atomic E-state index is -0.478. The van der Waals surface area contributed by atoms with Gasteiger partial charge in [0.25, 0.3) is 5.91 Å². The molecule has 3 aromatic rings. The third-order valence-corrected chi connectivity index (χ3v) is 6.39. The summed E-state index contributed by atoms with van der Waals surface area (Å²) in [6.45, 7) is 6.35. The van der Waals surface area contributed by atoms with Gasteiger partial charge >= 0.3 is 5.97 Å². The van der Waals surface area contributed by atoms with Gasteiger partial charge in [0.15, 0.2) is 11.7 Å². The Balaban J connectivity index is 1.63. The molecule has 1 aromatic carbocycles. The molecular formula is C23H25N3O3S. The molecule has 156 valence electrons. The summed E-state index contributed by atoms with van der Waals surface area (Å²) in [4.78, 5) is 34.1. The zero-order chi connectivity index (χ0) is 21.3. The Labute approximate surface area is 179 Å². The van der Waals surface area contributed by atoms with Crippen molar-refractivity contribution in [2.24, 2.45) is 11.3 Å². The van der Waals surface area contributed by atoms with Crippen LogP contribution in [0, 0.1) is 11.3 Å². The largest absolute Gasteiger partial charge is 0.452 e. The number of amides is 1. The van der Waals surface area contributed by atoms with Crippen LogP contribution < -0.4 is 5.32 Å². The topological polar surface area (TPSA) is 81.2 Å². The van der Waals surface area contributed by atoms with Crippen molar-refractivity contribution in [3.05, 3.63) is 52.7 Å². The van der Waals surface area contributed by atoms with Crippen molar-refractivity contribution in [1.29, 1.82) is 0 Å². The van der Waals surface area contributed by atoms with E-state index in [9.17, 15) is 9.59 Å². The second-order valence-corrected chi connectivity index (χ2v) is 9.59. The number of nitrogens with one attached hydrogen (secondary N) is 1. The van der Waals surface area contributed by atoms with Gasteiger partial charge in [-0.2, -0.15) is 0 Å². The zero-order valence-corrected chi connectivity index (χ0v) is 18.2. The molecule has 4 rings (SSSR count). The smallest absolute Gasteiger partial charge is 0.339 e. The maximum Gasteiger partial charge on any atom is 0.339 e. The molecule has 2 heterocycles. The third-order valence-electron chi connectivity index (χ3n) is 5.70. The summed E-state index contributed by atoms with van der Waals surface area (Å²) in [6, 6.07) is 7.62. The highest BCUT2D eigenvalue weighted by Gasteiger charge is 2.33. The number of pyridine rings is 1. The number of carbonyl (C=O) groups excluding carboxylic acids is 2. The molecule has 1 aliphatic rings. The zero-order valence-electron chi connectivity index (χ0n) is 17.4. The van der Waals surface area contributed by atoms with Crippen molar-refractivity contribution in [3.63, 3.8) is 0 Å². The van der Waals surface area contributed by atoms with Crippen LogP contribution in [0.3, 0.4) is 0 Å². The standard InChI is InChI=1S/C23H25N3O3S/c1-23(2,3)14-8-9-18-16(12-14)20(15-6-4-5-7-17(15)25-18)21(28)29-13-19(27)26-22-24-10-11-30-22/h4-7,10-11,14H,8-9,12-13H2,1-3H3,(H,24,26,27). The number of carbonyl (C=O) groups is 2. The lowest BCUT2D eigenvalue weighted by Gasteiger charge is -2.35. The Bertz CT molecular complexity index is 1090. The van der Waals surface area contributed by atoms with E-state index in [2.05, 4.69) is 31.1 Å². The molecular weight excluding hydrogens is 398 g/mol. The highest BCUT2D eigenvalue weighted by molar-refractivity contribution is 7.13. The van der Waals surface area contributed by atoms with Crippen molar-refractivity contribution in [3.8, 4) is 0 Å². The number of ether oxygens (including phenoxy) is 1. The number of benzene rings is 1. The summed E-state index contributed by atoms with van der Waals surface area (Å²) < 4.78 is 5.43. The Kier molecular flexibility index (Phi) is 5.56. The van der Waals surface area contributed by atoms with Gasteiger partial charge in [-0.3, -0.25) is 15.1 Å². The van der Waals surface area contributed by atoms with Gasteiger partial charge in [-0.25, -0.2) is 9.78 Å². The van der Waals surface area contributed by atoms with Crippen molar-refractivity contribution >= 4 is 39.2 Å². The number of nitrogens with zero attached hydrogens (tertiary/aromatic N) is 2. The number of hydrogen-bond donors (Lipinski definition) is 1. The van der Waals surface area contributed by atoms with Crippen LogP contribution in [0.5, 0.6) is 0 Å². The molecule has 0 radical (unpaired) electrons. The molecule has 1 unspecified atom stereocenters. The van der Waals surface area contributed by atoms with E-state index in [1.807, 2.05) is 24.3 Å². The predicted molar refractivity (Wildman–Crippen MR) is 118 cm³/mol. The highest BCUT2D eigenvalue weighted by atomic mass is 32.1. The molecule has 7 heteroatoms. The lowest BCUT2D eigenvalue weighted by molar-refractivity contribution is -0.119. The van der Waals surface area contributed by atoms with Gasteiger partial charge < -0.3 is 4.74 Å². The van der Waals surface area contributed by atoms with Gasteiger partial charge in [0, 0.05) is 22.7 Å². The summed E-state index contributed by atoms with van der Waals surface area (Å²) >= 11 is 1.31. The number of thiazole rings is 1. The highest BCUT2D eigenvalue weighted by Crippen LogP contribution is 2.39. The van der Waals surface area contributed by atoms with Crippen molar-refractivity contribution in [1.82, 2.24) is 9.97 Å². The van der Waals surface area contributed by atoms with E-state index in [-0.39, 0.29) is 12.0 Å². The average Bonchev–Trinajstić information content (AvgIpc) is 3.22. The van der Waals surface area contributed by atoms with Crippen LogP contribution in [0.2, 0.25) is 0 Å². The maximum absolute atomic E-state index is 13.2. The fourth-order valence-electron chi connectivity index (χ4n) is 4.00.